The smallest absolute Gasteiger partial charge is 0.408 e. The van der Waals surface area contributed by atoms with Crippen LogP contribution in [0.5, 0.6) is 0 Å². The van der Waals surface area contributed by atoms with Crippen molar-refractivity contribution in [2.75, 3.05) is 6.54 Å². The number of cyclic esters (lactones) is 1. The third kappa shape index (κ3) is 10.5. The first-order chi connectivity index (χ1) is 18.6. The van der Waals surface area contributed by atoms with Crippen molar-refractivity contribution < 1.29 is 28.7 Å². The van der Waals surface area contributed by atoms with Crippen LogP contribution in [0.25, 0.3) is 0 Å². The Balaban J connectivity index is 1.80. The van der Waals surface area contributed by atoms with Crippen molar-refractivity contribution in [3.05, 3.63) is 34.9 Å². The molecule has 0 spiro atoms. The molecule has 1 saturated heterocycles. The third-order valence-corrected chi connectivity index (χ3v) is 6.92. The summed E-state index contributed by atoms with van der Waals surface area (Å²) in [5, 5.41) is 11.3. The van der Waals surface area contributed by atoms with Crippen molar-refractivity contribution >= 4 is 41.2 Å². The fourth-order valence-electron chi connectivity index (χ4n) is 4.42. The number of hydrogen-bond acceptors (Lipinski definition) is 6. The zero-order valence-corrected chi connectivity index (χ0v) is 23.4. The van der Waals surface area contributed by atoms with Crippen LogP contribution < -0.4 is 21.3 Å². The second kappa shape index (κ2) is 14.9. The molecule has 3 rings (SSSR count). The first-order valence-electron chi connectivity index (χ1n) is 13.8. The fourth-order valence-corrected chi connectivity index (χ4v) is 4.61. The standard InChI is InChI=1S/C28H39ClN4O6/c1-17(2)15-22-26(36)32-21(25(35)27(37)31-20-10-11-20)12-13-24(34)30-14-5-3-4-9-23(39-28(38)33-22)18-7-6-8-19(29)16-18/h6-8,16-17,20-23H,3-5,9-15H2,1-2H3,(H,30,34)(H,31,37)(H,32,36)(H,33,38)/t21-,22-,23?/m0/s1. The topological polar surface area (TPSA) is 143 Å². The number of halogens is 1. The highest BCUT2D eigenvalue weighted by Gasteiger charge is 2.34. The fraction of sp³-hybridized carbons (Fsp3) is 0.607. The molecule has 1 aromatic rings. The van der Waals surface area contributed by atoms with Crippen LogP contribution in [0.1, 0.15) is 83.3 Å². The van der Waals surface area contributed by atoms with Crippen molar-refractivity contribution in [3.8, 4) is 0 Å². The van der Waals surface area contributed by atoms with Gasteiger partial charge in [-0.25, -0.2) is 4.79 Å². The van der Waals surface area contributed by atoms with E-state index in [4.69, 9.17) is 16.3 Å². The van der Waals surface area contributed by atoms with Crippen molar-refractivity contribution in [2.24, 2.45) is 5.92 Å². The van der Waals surface area contributed by atoms with Gasteiger partial charge in [-0.15, -0.1) is 0 Å². The van der Waals surface area contributed by atoms with Gasteiger partial charge in [-0.2, -0.15) is 0 Å². The number of amides is 4. The summed E-state index contributed by atoms with van der Waals surface area (Å²) in [5.74, 6) is -2.46. The van der Waals surface area contributed by atoms with Gasteiger partial charge in [0.1, 0.15) is 12.1 Å². The van der Waals surface area contributed by atoms with Crippen LogP contribution in [0, 0.1) is 5.92 Å². The number of ketones is 1. The Morgan fingerprint density at radius 3 is 2.51 bits per heavy atom. The van der Waals surface area contributed by atoms with Gasteiger partial charge in [-0.3, -0.25) is 19.2 Å². The van der Waals surface area contributed by atoms with E-state index >= 15 is 0 Å². The van der Waals surface area contributed by atoms with Gasteiger partial charge in [0.15, 0.2) is 0 Å². The molecular weight excluding hydrogens is 524 g/mol. The van der Waals surface area contributed by atoms with Crippen molar-refractivity contribution in [3.63, 3.8) is 0 Å². The molecular formula is C28H39ClN4O6. The summed E-state index contributed by atoms with van der Waals surface area (Å²) >= 11 is 6.17. The Bertz CT molecular complexity index is 1040. The lowest BCUT2D eigenvalue weighted by atomic mass is 10.0. The first kappa shape index (κ1) is 30.4. The molecule has 2 fully saturated rings. The number of carbonyl (C=O) groups is 5. The highest BCUT2D eigenvalue weighted by molar-refractivity contribution is 6.38. The van der Waals surface area contributed by atoms with E-state index in [2.05, 4.69) is 21.3 Å². The summed E-state index contributed by atoms with van der Waals surface area (Å²) < 4.78 is 5.77. The van der Waals surface area contributed by atoms with E-state index in [1.165, 1.54) is 0 Å². The molecule has 1 heterocycles. The Morgan fingerprint density at radius 1 is 1.05 bits per heavy atom. The van der Waals surface area contributed by atoms with E-state index in [9.17, 15) is 24.0 Å². The lowest BCUT2D eigenvalue weighted by molar-refractivity contribution is -0.140. The number of nitrogens with one attached hydrogen (secondary N) is 4. The molecule has 0 radical (unpaired) electrons. The third-order valence-electron chi connectivity index (χ3n) is 6.68. The van der Waals surface area contributed by atoms with Gasteiger partial charge >= 0.3 is 6.09 Å². The molecule has 4 N–H and O–H groups in total. The maximum Gasteiger partial charge on any atom is 0.408 e. The second-order valence-electron chi connectivity index (χ2n) is 10.7. The molecule has 214 valence electrons. The normalized spacial score (nSPS) is 24.0. The van der Waals surface area contributed by atoms with Crippen molar-refractivity contribution in [1.29, 1.82) is 0 Å². The molecule has 1 aromatic carbocycles. The highest BCUT2D eigenvalue weighted by atomic mass is 35.5. The summed E-state index contributed by atoms with van der Waals surface area (Å²) in [6.07, 6.45) is 3.25. The zero-order chi connectivity index (χ0) is 28.4. The van der Waals surface area contributed by atoms with E-state index in [1.54, 1.807) is 18.2 Å². The highest BCUT2D eigenvalue weighted by Crippen LogP contribution is 2.26. The van der Waals surface area contributed by atoms with E-state index in [0.29, 0.717) is 18.0 Å². The largest absolute Gasteiger partial charge is 0.441 e. The summed E-state index contributed by atoms with van der Waals surface area (Å²) in [4.78, 5) is 64.2. The lowest BCUT2D eigenvalue weighted by Gasteiger charge is -2.25. The number of hydrogen-bond donors (Lipinski definition) is 4. The van der Waals surface area contributed by atoms with Gasteiger partial charge in [0.2, 0.25) is 17.6 Å². The van der Waals surface area contributed by atoms with E-state index < -0.39 is 41.9 Å². The van der Waals surface area contributed by atoms with E-state index in [1.807, 2.05) is 19.9 Å². The first-order valence-corrected chi connectivity index (χ1v) is 14.1. The Labute approximate surface area is 234 Å². The molecule has 1 aliphatic heterocycles. The second-order valence-corrected chi connectivity index (χ2v) is 11.1. The Morgan fingerprint density at radius 2 is 1.82 bits per heavy atom. The van der Waals surface area contributed by atoms with Crippen LogP contribution in [0.15, 0.2) is 24.3 Å². The number of carbonyl (C=O) groups excluding carboxylic acids is 5. The van der Waals surface area contributed by atoms with Gasteiger partial charge in [0.05, 0.1) is 6.04 Å². The van der Waals surface area contributed by atoms with E-state index in [0.717, 1.165) is 37.7 Å². The van der Waals surface area contributed by atoms with Gasteiger partial charge in [-0.1, -0.05) is 44.0 Å². The molecule has 4 amide bonds. The summed E-state index contributed by atoms with van der Waals surface area (Å²) in [5.41, 5.74) is 0.737. The zero-order valence-electron chi connectivity index (χ0n) is 22.6. The minimum absolute atomic E-state index is 0.0250. The average Bonchev–Trinajstić information content (AvgIpc) is 3.70. The van der Waals surface area contributed by atoms with Crippen LogP contribution in [-0.2, 0) is 23.9 Å². The minimum Gasteiger partial charge on any atom is -0.441 e. The van der Waals surface area contributed by atoms with Gasteiger partial charge in [0, 0.05) is 24.0 Å². The summed E-state index contributed by atoms with van der Waals surface area (Å²) in [7, 11) is 0. The van der Waals surface area contributed by atoms with Gasteiger partial charge in [-0.05, 0) is 68.6 Å². The maximum atomic E-state index is 13.3. The molecule has 1 unspecified atom stereocenters. The molecule has 0 aromatic heterocycles. The quantitative estimate of drug-likeness (QED) is 0.392. The van der Waals surface area contributed by atoms with Gasteiger partial charge in [0.25, 0.3) is 5.91 Å². The molecule has 0 bridgehead atoms. The minimum atomic E-state index is -1.20. The van der Waals surface area contributed by atoms with Crippen LogP contribution in [0.4, 0.5) is 4.79 Å². The van der Waals surface area contributed by atoms with Crippen molar-refractivity contribution in [1.82, 2.24) is 21.3 Å². The molecule has 1 aliphatic carbocycles. The number of benzene rings is 1. The average molecular weight is 563 g/mol. The molecule has 39 heavy (non-hydrogen) atoms. The van der Waals surface area contributed by atoms with Crippen LogP contribution in [0.3, 0.4) is 0 Å². The van der Waals surface area contributed by atoms with Crippen LogP contribution in [-0.4, -0.2) is 54.3 Å². The number of alkyl carbamates (subject to hydrolysis) is 1. The predicted octanol–water partition coefficient (Wildman–Crippen LogP) is 3.32. The molecule has 10 nitrogen and oxygen atoms in total. The van der Waals surface area contributed by atoms with Crippen LogP contribution in [0.2, 0.25) is 5.02 Å². The molecule has 3 atom stereocenters. The SMILES string of the molecule is CC(C)C[C@@H]1NC(=O)OC(c2cccc(Cl)c2)CCCCCNC(=O)CC[C@@H](C(=O)C(=O)NC2CC2)NC1=O. The number of ether oxygens (including phenoxy) is 1. The monoisotopic (exact) mass is 562 g/mol. The number of Topliss-reactive ketones (excluding diaryl/α,β-unsaturated/α-hetero) is 1. The maximum absolute atomic E-state index is 13.3. The summed E-state index contributed by atoms with van der Waals surface area (Å²) in [6, 6.07) is 4.83. The number of rotatable bonds is 6. The molecule has 11 heteroatoms. The predicted molar refractivity (Wildman–Crippen MR) is 146 cm³/mol. The Kier molecular flexibility index (Phi) is 11.6. The van der Waals surface area contributed by atoms with E-state index in [-0.39, 0.29) is 37.1 Å². The molecule has 1 saturated carbocycles. The van der Waals surface area contributed by atoms with Crippen LogP contribution >= 0.6 is 11.6 Å². The summed E-state index contributed by atoms with van der Waals surface area (Å²) in [6.45, 7) is 4.24. The van der Waals surface area contributed by atoms with Crippen molar-refractivity contribution in [2.45, 2.75) is 95.9 Å². The molecule has 2 aliphatic rings. The lowest BCUT2D eigenvalue weighted by Crippen LogP contribution is -2.54. The Hall–Kier alpha value is -3.14. The van der Waals surface area contributed by atoms with Gasteiger partial charge < -0.3 is 26.0 Å².